The van der Waals surface area contributed by atoms with Gasteiger partial charge >= 0.3 is 6.61 Å². The number of carbonyl (C=O) groups excluding carboxylic acids is 2. The molecule has 0 bridgehead atoms. The number of alkyl halides is 2. The SMILES string of the molecule is [2H]C([2H])([2H])NC(=O)c1nnc(NC(=O)C2CC2)cc1Nc1ncc(OC(F)F)cc1S(C)(=O)=O. The van der Waals surface area contributed by atoms with Gasteiger partial charge in [0.25, 0.3) is 5.91 Å². The Morgan fingerprint density at radius 1 is 1.29 bits per heavy atom. The Kier molecular flexibility index (Phi) is 5.18. The van der Waals surface area contributed by atoms with E-state index in [0.717, 1.165) is 24.6 Å². The number of hydrogen-bond donors (Lipinski definition) is 3. The van der Waals surface area contributed by atoms with Gasteiger partial charge in [0.2, 0.25) is 5.91 Å². The van der Waals surface area contributed by atoms with Gasteiger partial charge in [-0.05, 0) is 12.8 Å². The van der Waals surface area contributed by atoms with Crippen LogP contribution in [0.5, 0.6) is 5.75 Å². The van der Waals surface area contributed by atoms with E-state index in [4.69, 9.17) is 4.11 Å². The molecule has 2 aromatic rings. The molecule has 1 aliphatic carbocycles. The van der Waals surface area contributed by atoms with Crippen molar-refractivity contribution in [2.45, 2.75) is 24.3 Å². The summed E-state index contributed by atoms with van der Waals surface area (Å²) in [6.07, 6.45) is 2.99. The summed E-state index contributed by atoms with van der Waals surface area (Å²) in [6, 6.07) is 1.92. The Morgan fingerprint density at radius 3 is 2.65 bits per heavy atom. The van der Waals surface area contributed by atoms with E-state index in [1.54, 1.807) is 5.32 Å². The van der Waals surface area contributed by atoms with Crippen molar-refractivity contribution >= 4 is 39.0 Å². The maximum Gasteiger partial charge on any atom is 0.387 e. The van der Waals surface area contributed by atoms with E-state index >= 15 is 0 Å². The lowest BCUT2D eigenvalue weighted by Crippen LogP contribution is -2.23. The van der Waals surface area contributed by atoms with E-state index in [9.17, 15) is 26.8 Å². The molecule has 2 aromatic heterocycles. The highest BCUT2D eigenvalue weighted by atomic mass is 32.2. The molecule has 2 amide bonds. The maximum atomic E-state index is 12.5. The Balaban J connectivity index is 2.03. The number of ether oxygens (including phenoxy) is 1. The average molecular weight is 459 g/mol. The normalized spacial score (nSPS) is 15.4. The maximum absolute atomic E-state index is 12.5. The second-order valence-corrected chi connectivity index (χ2v) is 8.49. The fraction of sp³-hybridized carbons (Fsp3) is 0.353. The van der Waals surface area contributed by atoms with Gasteiger partial charge in [0.05, 0.1) is 11.9 Å². The molecule has 0 unspecified atom stereocenters. The van der Waals surface area contributed by atoms with Gasteiger partial charge in [-0.25, -0.2) is 13.4 Å². The standard InChI is InChI=1S/C17H18F2N6O5S/c1-20-16(27)13-10(6-12(24-25-13)23-15(26)8-3-4-8)22-14-11(31(2,28)29)5-9(7-21-14)30-17(18)19/h5-8,17H,3-4H2,1-2H3,(H,20,27)(H2,21,22,23,24,26)/i1D3. The van der Waals surface area contributed by atoms with Crippen LogP contribution in [0.1, 0.15) is 27.4 Å². The molecule has 1 aliphatic rings. The number of sulfone groups is 1. The average Bonchev–Trinajstić information content (AvgIpc) is 3.52. The third kappa shape index (κ3) is 5.59. The summed E-state index contributed by atoms with van der Waals surface area (Å²) in [5, 5.41) is 14.1. The molecule has 0 saturated heterocycles. The van der Waals surface area contributed by atoms with Crippen molar-refractivity contribution in [3.05, 3.63) is 24.0 Å². The van der Waals surface area contributed by atoms with Gasteiger partial charge in [-0.2, -0.15) is 8.78 Å². The van der Waals surface area contributed by atoms with Crippen molar-refractivity contribution in [2.24, 2.45) is 5.92 Å². The summed E-state index contributed by atoms with van der Waals surface area (Å²) in [7, 11) is -4.05. The van der Waals surface area contributed by atoms with Crippen molar-refractivity contribution in [3.8, 4) is 5.75 Å². The van der Waals surface area contributed by atoms with Gasteiger partial charge in [-0.3, -0.25) is 9.59 Å². The van der Waals surface area contributed by atoms with Gasteiger partial charge < -0.3 is 20.7 Å². The molecule has 0 aromatic carbocycles. The molecule has 0 aliphatic heterocycles. The molecule has 14 heteroatoms. The van der Waals surface area contributed by atoms with Crippen LogP contribution in [0.15, 0.2) is 23.2 Å². The van der Waals surface area contributed by atoms with Gasteiger partial charge in [0.15, 0.2) is 21.3 Å². The number of carbonyl (C=O) groups is 2. The molecule has 0 atom stereocenters. The number of rotatable bonds is 8. The summed E-state index contributed by atoms with van der Waals surface area (Å²) in [6.45, 7) is -6.11. The van der Waals surface area contributed by atoms with Crippen LogP contribution in [-0.4, -0.2) is 55.3 Å². The Bertz CT molecular complexity index is 1220. The van der Waals surface area contributed by atoms with Crippen LogP contribution in [0.3, 0.4) is 0 Å². The van der Waals surface area contributed by atoms with E-state index in [-0.39, 0.29) is 23.3 Å². The molecule has 3 N–H and O–H groups in total. The second kappa shape index (κ2) is 8.75. The Hall–Kier alpha value is -3.42. The molecular formula is C17H18F2N6O5S. The predicted molar refractivity (Wildman–Crippen MR) is 104 cm³/mol. The number of halogens is 2. The topological polar surface area (TPSA) is 152 Å². The fourth-order valence-corrected chi connectivity index (χ4v) is 3.23. The van der Waals surface area contributed by atoms with Crippen molar-refractivity contribution in [1.29, 1.82) is 0 Å². The lowest BCUT2D eigenvalue weighted by molar-refractivity contribution is -0.117. The highest BCUT2D eigenvalue weighted by Crippen LogP contribution is 2.31. The summed E-state index contributed by atoms with van der Waals surface area (Å²) in [5.41, 5.74) is -0.822. The minimum atomic E-state index is -4.05. The third-order valence-corrected chi connectivity index (χ3v) is 5.14. The number of nitrogens with zero attached hydrogens (tertiary/aromatic N) is 3. The lowest BCUT2D eigenvalue weighted by atomic mass is 10.2. The zero-order valence-corrected chi connectivity index (χ0v) is 16.7. The monoisotopic (exact) mass is 459 g/mol. The molecule has 0 radical (unpaired) electrons. The summed E-state index contributed by atoms with van der Waals surface area (Å²) in [4.78, 5) is 27.7. The van der Waals surface area contributed by atoms with Crippen LogP contribution in [-0.2, 0) is 14.6 Å². The lowest BCUT2D eigenvalue weighted by Gasteiger charge is -2.14. The van der Waals surface area contributed by atoms with Gasteiger partial charge in [0, 0.05) is 35.4 Å². The van der Waals surface area contributed by atoms with Crippen LogP contribution in [0, 0.1) is 5.92 Å². The first kappa shape index (κ1) is 18.4. The molecule has 3 rings (SSSR count). The third-order valence-electron chi connectivity index (χ3n) is 4.03. The highest BCUT2D eigenvalue weighted by Gasteiger charge is 2.30. The first-order valence-corrected chi connectivity index (χ1v) is 10.5. The molecular weight excluding hydrogens is 438 g/mol. The number of amides is 2. The summed E-state index contributed by atoms with van der Waals surface area (Å²) >= 11 is 0. The first-order chi connectivity index (χ1) is 15.7. The smallest absolute Gasteiger partial charge is 0.387 e. The van der Waals surface area contributed by atoms with E-state index < -0.39 is 51.5 Å². The van der Waals surface area contributed by atoms with Crippen LogP contribution < -0.4 is 20.7 Å². The summed E-state index contributed by atoms with van der Waals surface area (Å²) < 4.78 is 75.3. The molecule has 1 fully saturated rings. The zero-order chi connectivity index (χ0) is 25.3. The van der Waals surface area contributed by atoms with Crippen LogP contribution in [0.25, 0.3) is 0 Å². The highest BCUT2D eigenvalue weighted by molar-refractivity contribution is 7.90. The molecule has 2 heterocycles. The minimum absolute atomic E-state index is 0.108. The van der Waals surface area contributed by atoms with Gasteiger partial charge in [-0.15, -0.1) is 10.2 Å². The van der Waals surface area contributed by atoms with Crippen molar-refractivity contribution in [2.75, 3.05) is 23.9 Å². The molecule has 1 saturated carbocycles. The van der Waals surface area contributed by atoms with Gasteiger partial charge in [0.1, 0.15) is 16.5 Å². The van der Waals surface area contributed by atoms with Crippen molar-refractivity contribution < 1.29 is 35.6 Å². The summed E-state index contributed by atoms with van der Waals surface area (Å²) in [5.74, 6) is -2.77. The fourth-order valence-electron chi connectivity index (χ4n) is 2.45. The quantitative estimate of drug-likeness (QED) is 0.531. The number of nitrogens with one attached hydrogen (secondary N) is 3. The van der Waals surface area contributed by atoms with Crippen LogP contribution in [0.2, 0.25) is 0 Å². The number of hydrogen-bond acceptors (Lipinski definition) is 9. The van der Waals surface area contributed by atoms with E-state index in [2.05, 4.69) is 30.6 Å². The van der Waals surface area contributed by atoms with E-state index in [1.165, 1.54) is 0 Å². The number of anilines is 3. The van der Waals surface area contributed by atoms with Crippen LogP contribution in [0.4, 0.5) is 26.1 Å². The Labute approximate surface area is 179 Å². The predicted octanol–water partition coefficient (Wildman–Crippen LogP) is 1.33. The molecule has 0 spiro atoms. The van der Waals surface area contributed by atoms with E-state index in [1.807, 2.05) is 0 Å². The van der Waals surface area contributed by atoms with Crippen molar-refractivity contribution in [1.82, 2.24) is 20.5 Å². The van der Waals surface area contributed by atoms with E-state index in [0.29, 0.717) is 12.8 Å². The zero-order valence-electron chi connectivity index (χ0n) is 18.8. The molecule has 31 heavy (non-hydrogen) atoms. The van der Waals surface area contributed by atoms with Crippen LogP contribution >= 0.6 is 0 Å². The molecule has 166 valence electrons. The second-order valence-electron chi connectivity index (χ2n) is 6.50. The number of aromatic nitrogens is 3. The molecule has 11 nitrogen and oxygen atoms in total. The van der Waals surface area contributed by atoms with Crippen molar-refractivity contribution in [3.63, 3.8) is 0 Å². The van der Waals surface area contributed by atoms with Gasteiger partial charge in [-0.1, -0.05) is 0 Å². The largest absolute Gasteiger partial charge is 0.433 e. The number of pyridine rings is 1. The Morgan fingerprint density at radius 2 is 2.03 bits per heavy atom. The first-order valence-electron chi connectivity index (χ1n) is 10.2. The minimum Gasteiger partial charge on any atom is -0.433 e.